The average molecular weight is 173 g/mol. The lowest BCUT2D eigenvalue weighted by Crippen LogP contribution is -1.91. The van der Waals surface area contributed by atoms with E-state index < -0.39 is 0 Å². The van der Waals surface area contributed by atoms with Crippen molar-refractivity contribution >= 4 is 0 Å². The number of hydrogen-bond donors (Lipinski definition) is 1. The van der Waals surface area contributed by atoms with Crippen LogP contribution in [0.5, 0.6) is 5.75 Å². The van der Waals surface area contributed by atoms with Crippen molar-refractivity contribution in [2.24, 2.45) is 7.05 Å². The van der Waals surface area contributed by atoms with Crippen LogP contribution < -0.4 is 0 Å². The summed E-state index contributed by atoms with van der Waals surface area (Å²) in [6.07, 6.45) is 3.52. The first-order valence-electron chi connectivity index (χ1n) is 3.96. The number of phenols is 1. The minimum absolute atomic E-state index is 0.205. The van der Waals surface area contributed by atoms with Gasteiger partial charge in [-0.3, -0.25) is 0 Å². The molecule has 0 saturated carbocycles. The van der Waals surface area contributed by atoms with E-state index in [1.165, 1.54) is 0 Å². The molecular weight excluding hydrogens is 164 g/mol. The maximum atomic E-state index is 9.52. The highest BCUT2D eigenvalue weighted by atomic mass is 16.3. The van der Waals surface area contributed by atoms with Crippen molar-refractivity contribution < 1.29 is 5.11 Å². The number of aromatic nitrogens is 2. The number of rotatable bonds is 1. The Labute approximate surface area is 76.3 Å². The predicted octanol–water partition coefficient (Wildman–Crippen LogP) is 1.59. The Kier molecular flexibility index (Phi) is 1.77. The predicted molar refractivity (Wildman–Crippen MR) is 49.1 cm³/mol. The SMILES string of the molecule is Cn1ccnc1-c1[c]cccc1O. The van der Waals surface area contributed by atoms with Gasteiger partial charge in [0, 0.05) is 19.4 Å². The van der Waals surface area contributed by atoms with Gasteiger partial charge in [-0.25, -0.2) is 4.98 Å². The molecule has 0 aliphatic heterocycles. The normalized spacial score (nSPS) is 10.2. The third-order valence-corrected chi connectivity index (χ3v) is 1.88. The van der Waals surface area contributed by atoms with E-state index in [0.29, 0.717) is 5.56 Å². The van der Waals surface area contributed by atoms with Crippen LogP contribution in [-0.4, -0.2) is 14.7 Å². The second-order valence-electron chi connectivity index (χ2n) is 2.79. The Hall–Kier alpha value is -1.77. The molecule has 0 spiro atoms. The van der Waals surface area contributed by atoms with E-state index >= 15 is 0 Å². The fourth-order valence-corrected chi connectivity index (χ4v) is 1.21. The van der Waals surface area contributed by atoms with E-state index in [0.717, 1.165) is 5.82 Å². The van der Waals surface area contributed by atoms with Gasteiger partial charge in [0.15, 0.2) is 0 Å². The van der Waals surface area contributed by atoms with Gasteiger partial charge in [-0.1, -0.05) is 12.1 Å². The second-order valence-corrected chi connectivity index (χ2v) is 2.79. The zero-order chi connectivity index (χ0) is 9.26. The number of benzene rings is 1. The van der Waals surface area contributed by atoms with Crippen molar-refractivity contribution in [1.29, 1.82) is 0 Å². The number of hydrogen-bond acceptors (Lipinski definition) is 2. The summed E-state index contributed by atoms with van der Waals surface area (Å²) in [5.74, 6) is 0.926. The van der Waals surface area contributed by atoms with Crippen LogP contribution in [0.25, 0.3) is 11.4 Å². The van der Waals surface area contributed by atoms with Crippen molar-refractivity contribution in [2.45, 2.75) is 0 Å². The minimum Gasteiger partial charge on any atom is -0.507 e. The lowest BCUT2D eigenvalue weighted by molar-refractivity contribution is 0.476. The molecule has 0 bridgehead atoms. The Morgan fingerprint density at radius 2 is 2.38 bits per heavy atom. The van der Waals surface area contributed by atoms with Gasteiger partial charge in [0.05, 0.1) is 5.56 Å². The number of aromatic hydroxyl groups is 1. The molecule has 1 aromatic heterocycles. The van der Waals surface area contributed by atoms with Crippen LogP contribution in [-0.2, 0) is 7.05 Å². The van der Waals surface area contributed by atoms with Crippen LogP contribution in [0.3, 0.4) is 0 Å². The molecule has 2 rings (SSSR count). The minimum atomic E-state index is 0.205. The Balaban J connectivity index is 2.59. The largest absolute Gasteiger partial charge is 0.507 e. The molecule has 0 aliphatic rings. The summed E-state index contributed by atoms with van der Waals surface area (Å²) in [5.41, 5.74) is 0.634. The Bertz CT molecular complexity index is 420. The second kappa shape index (κ2) is 2.94. The molecule has 65 valence electrons. The van der Waals surface area contributed by atoms with E-state index in [2.05, 4.69) is 11.1 Å². The highest BCUT2D eigenvalue weighted by molar-refractivity contribution is 5.62. The van der Waals surface area contributed by atoms with E-state index in [9.17, 15) is 5.11 Å². The van der Waals surface area contributed by atoms with Gasteiger partial charge >= 0.3 is 0 Å². The number of aryl methyl sites for hydroxylation is 1. The van der Waals surface area contributed by atoms with Crippen LogP contribution in [0.15, 0.2) is 30.6 Å². The summed E-state index contributed by atoms with van der Waals surface area (Å²) >= 11 is 0. The molecule has 0 fully saturated rings. The van der Waals surface area contributed by atoms with Gasteiger partial charge in [0.25, 0.3) is 0 Å². The highest BCUT2D eigenvalue weighted by Gasteiger charge is 2.06. The maximum absolute atomic E-state index is 9.52. The van der Waals surface area contributed by atoms with Crippen molar-refractivity contribution in [3.8, 4) is 17.1 Å². The monoisotopic (exact) mass is 173 g/mol. The number of phenolic OH excluding ortho intramolecular Hbond substituents is 1. The van der Waals surface area contributed by atoms with Gasteiger partial charge < -0.3 is 9.67 Å². The van der Waals surface area contributed by atoms with E-state index in [4.69, 9.17) is 0 Å². The molecule has 3 heteroatoms. The Morgan fingerprint density at radius 3 is 3.00 bits per heavy atom. The molecule has 0 unspecified atom stereocenters. The zero-order valence-corrected chi connectivity index (χ0v) is 7.23. The molecule has 3 nitrogen and oxygen atoms in total. The molecule has 0 amide bonds. The highest BCUT2D eigenvalue weighted by Crippen LogP contribution is 2.25. The van der Waals surface area contributed by atoms with Crippen molar-refractivity contribution in [3.63, 3.8) is 0 Å². The van der Waals surface area contributed by atoms with E-state index in [1.807, 2.05) is 17.8 Å². The summed E-state index contributed by atoms with van der Waals surface area (Å²) in [7, 11) is 1.88. The topological polar surface area (TPSA) is 38.0 Å². The van der Waals surface area contributed by atoms with E-state index in [-0.39, 0.29) is 5.75 Å². The Morgan fingerprint density at radius 1 is 1.54 bits per heavy atom. The van der Waals surface area contributed by atoms with Crippen molar-refractivity contribution in [2.75, 3.05) is 0 Å². The summed E-state index contributed by atoms with van der Waals surface area (Å²) in [5, 5.41) is 9.52. The van der Waals surface area contributed by atoms with Crippen molar-refractivity contribution in [3.05, 3.63) is 36.7 Å². The van der Waals surface area contributed by atoms with Crippen LogP contribution in [0, 0.1) is 6.07 Å². The number of imidazole rings is 1. The summed E-state index contributed by atoms with van der Waals surface area (Å²) in [6, 6.07) is 8.06. The molecular formula is C10H9N2O. The van der Waals surface area contributed by atoms with Crippen LogP contribution in [0.1, 0.15) is 0 Å². The lowest BCUT2D eigenvalue weighted by Gasteiger charge is -2.02. The fourth-order valence-electron chi connectivity index (χ4n) is 1.21. The fraction of sp³-hybridized carbons (Fsp3) is 0.100. The molecule has 1 heterocycles. The molecule has 0 aliphatic carbocycles. The van der Waals surface area contributed by atoms with Gasteiger partial charge in [-0.15, -0.1) is 0 Å². The van der Waals surface area contributed by atoms with Crippen molar-refractivity contribution in [1.82, 2.24) is 9.55 Å². The summed E-state index contributed by atoms with van der Waals surface area (Å²) in [6.45, 7) is 0. The molecule has 0 saturated heterocycles. The van der Waals surface area contributed by atoms with Gasteiger partial charge in [-0.2, -0.15) is 0 Å². The van der Waals surface area contributed by atoms with E-state index in [1.54, 1.807) is 24.4 Å². The first kappa shape index (κ1) is 7.86. The molecule has 1 aromatic carbocycles. The zero-order valence-electron chi connectivity index (χ0n) is 7.23. The standard InChI is InChI=1S/C10H9N2O/c1-12-7-6-11-10(12)8-4-2-3-5-9(8)13/h2-3,5-7,13H,1H3. The third kappa shape index (κ3) is 1.28. The molecule has 0 atom stereocenters. The third-order valence-electron chi connectivity index (χ3n) is 1.88. The van der Waals surface area contributed by atoms with Crippen LogP contribution in [0.2, 0.25) is 0 Å². The number of nitrogens with zero attached hydrogens (tertiary/aromatic N) is 2. The lowest BCUT2D eigenvalue weighted by atomic mass is 10.2. The smallest absolute Gasteiger partial charge is 0.144 e. The quantitative estimate of drug-likeness (QED) is 0.711. The van der Waals surface area contributed by atoms with Gasteiger partial charge in [-0.05, 0) is 12.1 Å². The summed E-state index contributed by atoms with van der Waals surface area (Å²) in [4.78, 5) is 4.12. The molecule has 1 N–H and O–H groups in total. The van der Waals surface area contributed by atoms with Crippen LogP contribution in [0.4, 0.5) is 0 Å². The first-order valence-corrected chi connectivity index (χ1v) is 3.96. The van der Waals surface area contributed by atoms with Gasteiger partial charge in [0.2, 0.25) is 0 Å². The first-order chi connectivity index (χ1) is 6.29. The van der Waals surface area contributed by atoms with Gasteiger partial charge in [0.1, 0.15) is 11.6 Å². The average Bonchev–Trinajstić information content (AvgIpc) is 2.52. The molecule has 1 radical (unpaired) electrons. The summed E-state index contributed by atoms with van der Waals surface area (Å²) < 4.78 is 1.84. The van der Waals surface area contributed by atoms with Crippen LogP contribution >= 0.6 is 0 Å². The maximum Gasteiger partial charge on any atom is 0.144 e. The molecule has 2 aromatic rings. The molecule has 13 heavy (non-hydrogen) atoms.